The zero-order chi connectivity index (χ0) is 22.6. The number of hydrogen-bond acceptors (Lipinski definition) is 4. The molecule has 2 N–H and O–H groups in total. The van der Waals surface area contributed by atoms with Gasteiger partial charge in [-0.25, -0.2) is 4.79 Å². The number of amides is 2. The number of nitrogens with zero attached hydrogens (tertiary/aromatic N) is 1. The summed E-state index contributed by atoms with van der Waals surface area (Å²) in [4.78, 5) is 38.7. The summed E-state index contributed by atoms with van der Waals surface area (Å²) < 4.78 is 5.27. The molecule has 1 heterocycles. The third-order valence-corrected chi connectivity index (χ3v) is 5.67. The second-order valence-corrected chi connectivity index (χ2v) is 9.50. The molecule has 0 saturated carbocycles. The summed E-state index contributed by atoms with van der Waals surface area (Å²) in [5.74, 6) is -2.75. The molecule has 30 heavy (non-hydrogen) atoms. The summed E-state index contributed by atoms with van der Waals surface area (Å²) in [6.07, 6.45) is -0.681. The Hall–Kier alpha value is -2.28. The number of aliphatic carboxylic acids is 1. The van der Waals surface area contributed by atoms with Gasteiger partial charge in [0.05, 0.1) is 11.3 Å². The monoisotopic (exact) mass is 438 g/mol. The summed E-state index contributed by atoms with van der Waals surface area (Å²) in [6, 6.07) is 8.43. The first-order valence-electron chi connectivity index (χ1n) is 10.1. The number of carboxylic acid groups (broad SMARTS) is 1. The highest BCUT2D eigenvalue weighted by molar-refractivity contribution is 6.21. The first kappa shape index (κ1) is 24.0. The fraction of sp³-hybridized carbons (Fsp3) is 0.591. The molecule has 7 nitrogen and oxygen atoms in total. The Morgan fingerprint density at radius 1 is 1.17 bits per heavy atom. The molecular formula is C22H31ClN2O5. The highest BCUT2D eigenvalue weighted by atomic mass is 35.5. The van der Waals surface area contributed by atoms with Crippen molar-refractivity contribution >= 4 is 29.6 Å². The van der Waals surface area contributed by atoms with Crippen molar-refractivity contribution in [3.63, 3.8) is 0 Å². The van der Waals surface area contributed by atoms with E-state index in [1.807, 2.05) is 44.2 Å². The zero-order valence-electron chi connectivity index (χ0n) is 18.1. The second kappa shape index (κ2) is 9.69. The molecule has 8 heteroatoms. The Bertz CT molecular complexity index is 763. The standard InChI is InChI=1S/C22H31ClN2O5/c1-13(2)18(24-21(29)30-22(3,4)5)19(26)25-11-15(16(12-25)20(27)28)17(23)14-9-7-6-8-10-14/h6-10,13,15-18H,11-12H2,1-5H3,(H,24,29)(H,27,28)/t15-,16-,17?,18-/m0/s1. The van der Waals surface area contributed by atoms with Crippen molar-refractivity contribution in [2.75, 3.05) is 13.1 Å². The lowest BCUT2D eigenvalue weighted by Crippen LogP contribution is -2.51. The smallest absolute Gasteiger partial charge is 0.408 e. The van der Waals surface area contributed by atoms with Crippen molar-refractivity contribution < 1.29 is 24.2 Å². The summed E-state index contributed by atoms with van der Waals surface area (Å²) in [7, 11) is 0. The maximum absolute atomic E-state index is 13.2. The van der Waals surface area contributed by atoms with Gasteiger partial charge in [-0.3, -0.25) is 9.59 Å². The van der Waals surface area contributed by atoms with Gasteiger partial charge in [-0.1, -0.05) is 44.2 Å². The lowest BCUT2D eigenvalue weighted by atomic mass is 9.89. The van der Waals surface area contributed by atoms with Crippen molar-refractivity contribution in [3.05, 3.63) is 35.9 Å². The van der Waals surface area contributed by atoms with Gasteiger partial charge in [0.15, 0.2) is 0 Å². The van der Waals surface area contributed by atoms with Crippen molar-refractivity contribution in [1.29, 1.82) is 0 Å². The van der Waals surface area contributed by atoms with Crippen LogP contribution in [0.25, 0.3) is 0 Å². The average Bonchev–Trinajstić information content (AvgIpc) is 3.10. The van der Waals surface area contributed by atoms with E-state index in [4.69, 9.17) is 16.3 Å². The first-order valence-corrected chi connectivity index (χ1v) is 10.5. The molecule has 1 aliphatic rings. The molecule has 1 unspecified atom stereocenters. The van der Waals surface area contributed by atoms with Crippen LogP contribution in [-0.2, 0) is 14.3 Å². The predicted molar refractivity (Wildman–Crippen MR) is 114 cm³/mol. The van der Waals surface area contributed by atoms with Crippen molar-refractivity contribution in [3.8, 4) is 0 Å². The van der Waals surface area contributed by atoms with E-state index in [0.29, 0.717) is 0 Å². The average molecular weight is 439 g/mol. The van der Waals surface area contributed by atoms with Crippen LogP contribution >= 0.6 is 11.6 Å². The predicted octanol–water partition coefficient (Wildman–Crippen LogP) is 3.68. The van der Waals surface area contributed by atoms with Crippen LogP contribution in [0, 0.1) is 17.8 Å². The topological polar surface area (TPSA) is 95.9 Å². The van der Waals surface area contributed by atoms with Crippen LogP contribution in [-0.4, -0.2) is 52.7 Å². The summed E-state index contributed by atoms with van der Waals surface area (Å²) in [5.41, 5.74) is 0.126. The van der Waals surface area contributed by atoms with Gasteiger partial charge in [0.2, 0.25) is 5.91 Å². The molecule has 2 rings (SSSR count). The molecule has 166 valence electrons. The molecule has 1 aliphatic heterocycles. The van der Waals surface area contributed by atoms with Gasteiger partial charge in [0, 0.05) is 19.0 Å². The minimum Gasteiger partial charge on any atom is -0.481 e. The number of ether oxygens (including phenoxy) is 1. The van der Waals surface area contributed by atoms with E-state index in [2.05, 4.69) is 5.32 Å². The third kappa shape index (κ3) is 6.11. The lowest BCUT2D eigenvalue weighted by molar-refractivity contribution is -0.142. The number of alkyl halides is 1. The Kier molecular flexibility index (Phi) is 7.75. The van der Waals surface area contributed by atoms with Crippen molar-refractivity contribution in [1.82, 2.24) is 10.2 Å². The maximum Gasteiger partial charge on any atom is 0.408 e. The van der Waals surface area contributed by atoms with Crippen LogP contribution in [0.4, 0.5) is 4.79 Å². The quantitative estimate of drug-likeness (QED) is 0.660. The van der Waals surface area contributed by atoms with E-state index in [-0.39, 0.29) is 24.9 Å². The number of alkyl carbamates (subject to hydrolysis) is 1. The van der Waals surface area contributed by atoms with E-state index in [0.717, 1.165) is 5.56 Å². The number of benzene rings is 1. The van der Waals surface area contributed by atoms with Crippen LogP contribution in [0.5, 0.6) is 0 Å². The van der Waals surface area contributed by atoms with Gasteiger partial charge in [-0.05, 0) is 32.3 Å². The molecule has 1 aromatic rings. The minimum absolute atomic E-state index is 0.0497. The molecule has 1 aromatic carbocycles. The van der Waals surface area contributed by atoms with Gasteiger partial charge in [0.1, 0.15) is 11.6 Å². The summed E-state index contributed by atoms with van der Waals surface area (Å²) in [6.45, 7) is 9.11. The summed E-state index contributed by atoms with van der Waals surface area (Å²) in [5, 5.41) is 11.8. The number of likely N-dealkylation sites (tertiary alicyclic amines) is 1. The number of halogens is 1. The van der Waals surface area contributed by atoms with Crippen LogP contribution in [0.2, 0.25) is 0 Å². The van der Waals surface area contributed by atoms with Crippen molar-refractivity contribution in [2.24, 2.45) is 17.8 Å². The Morgan fingerprint density at radius 3 is 2.27 bits per heavy atom. The molecule has 0 aliphatic carbocycles. The third-order valence-electron chi connectivity index (χ3n) is 5.09. The van der Waals surface area contributed by atoms with Gasteiger partial charge < -0.3 is 20.1 Å². The largest absolute Gasteiger partial charge is 0.481 e. The summed E-state index contributed by atoms with van der Waals surface area (Å²) >= 11 is 6.63. The van der Waals surface area contributed by atoms with E-state index >= 15 is 0 Å². The minimum atomic E-state index is -0.988. The van der Waals surface area contributed by atoms with Crippen LogP contribution in [0.3, 0.4) is 0 Å². The fourth-order valence-corrected chi connectivity index (χ4v) is 4.00. The van der Waals surface area contributed by atoms with Crippen LogP contribution in [0.15, 0.2) is 30.3 Å². The van der Waals surface area contributed by atoms with E-state index in [1.54, 1.807) is 20.8 Å². The highest BCUT2D eigenvalue weighted by Gasteiger charge is 2.45. The molecule has 0 bridgehead atoms. The number of carbonyl (C=O) groups is 3. The number of hydrogen-bond donors (Lipinski definition) is 2. The molecule has 1 fully saturated rings. The number of rotatable bonds is 6. The second-order valence-electron chi connectivity index (χ2n) is 9.03. The number of nitrogens with one attached hydrogen (secondary N) is 1. The lowest BCUT2D eigenvalue weighted by Gasteiger charge is -2.28. The number of carboxylic acids is 1. The Morgan fingerprint density at radius 2 is 1.77 bits per heavy atom. The van der Waals surface area contributed by atoms with Gasteiger partial charge in [-0.2, -0.15) is 0 Å². The Labute approximate surface area is 182 Å². The highest BCUT2D eigenvalue weighted by Crippen LogP contribution is 2.39. The molecule has 2 amide bonds. The van der Waals surface area contributed by atoms with Crippen LogP contribution < -0.4 is 5.32 Å². The first-order chi connectivity index (χ1) is 13.9. The Balaban J connectivity index is 2.17. The van der Waals surface area contributed by atoms with Gasteiger partial charge in [-0.15, -0.1) is 11.6 Å². The molecule has 0 radical (unpaired) electrons. The van der Waals surface area contributed by atoms with E-state index in [1.165, 1.54) is 4.90 Å². The van der Waals surface area contributed by atoms with Gasteiger partial charge >= 0.3 is 12.1 Å². The fourth-order valence-electron chi connectivity index (χ4n) is 3.60. The number of carbonyl (C=O) groups excluding carboxylic acids is 2. The molecule has 0 aromatic heterocycles. The normalized spacial score (nSPS) is 21.2. The van der Waals surface area contributed by atoms with E-state index in [9.17, 15) is 19.5 Å². The molecule has 4 atom stereocenters. The molecular weight excluding hydrogens is 408 g/mol. The van der Waals surface area contributed by atoms with Gasteiger partial charge in [0.25, 0.3) is 0 Å². The molecule has 0 spiro atoms. The van der Waals surface area contributed by atoms with Crippen molar-refractivity contribution in [2.45, 2.75) is 51.6 Å². The molecule has 1 saturated heterocycles. The van der Waals surface area contributed by atoms with E-state index < -0.39 is 40.9 Å². The van der Waals surface area contributed by atoms with Crippen LogP contribution in [0.1, 0.15) is 45.6 Å². The zero-order valence-corrected chi connectivity index (χ0v) is 18.8. The SMILES string of the molecule is CC(C)[C@H](NC(=O)OC(C)(C)C)C(=O)N1C[C@H](C(=O)O)[C@@H](C(Cl)c2ccccc2)C1. The maximum atomic E-state index is 13.2.